The van der Waals surface area contributed by atoms with Crippen molar-refractivity contribution in [3.05, 3.63) is 48.0 Å². The molecule has 21 heavy (non-hydrogen) atoms. The second kappa shape index (κ2) is 6.27. The van der Waals surface area contributed by atoms with Crippen LogP contribution in [0.25, 0.3) is 10.8 Å². The zero-order valence-corrected chi connectivity index (χ0v) is 12.2. The van der Waals surface area contributed by atoms with Gasteiger partial charge in [-0.05, 0) is 35.1 Å². The van der Waals surface area contributed by atoms with Crippen molar-refractivity contribution in [1.82, 2.24) is 4.90 Å². The van der Waals surface area contributed by atoms with Crippen LogP contribution >= 0.6 is 0 Å². The Morgan fingerprint density at radius 2 is 2.00 bits per heavy atom. The summed E-state index contributed by atoms with van der Waals surface area (Å²) in [5, 5.41) is 11.4. The summed E-state index contributed by atoms with van der Waals surface area (Å²) in [4.78, 5) is 14.3. The Kier molecular flexibility index (Phi) is 4.20. The number of carbonyl (C=O) groups is 1. The summed E-state index contributed by atoms with van der Waals surface area (Å²) in [5.74, 6) is 0.668. The molecule has 2 aromatic rings. The number of benzene rings is 2. The first-order valence-electron chi connectivity index (χ1n) is 7.62. The van der Waals surface area contributed by atoms with Crippen LogP contribution in [0.5, 0.6) is 0 Å². The van der Waals surface area contributed by atoms with E-state index < -0.39 is 0 Å². The summed E-state index contributed by atoms with van der Waals surface area (Å²) >= 11 is 0. The maximum Gasteiger partial charge on any atom is 0.226 e. The maximum absolute atomic E-state index is 12.4. The molecule has 1 N–H and O–H groups in total. The Labute approximate surface area is 125 Å². The Morgan fingerprint density at radius 1 is 1.19 bits per heavy atom. The zero-order valence-electron chi connectivity index (χ0n) is 12.2. The minimum atomic E-state index is 0.200. The van der Waals surface area contributed by atoms with Crippen LogP contribution in [0.1, 0.15) is 18.4 Å². The fourth-order valence-electron chi connectivity index (χ4n) is 3.11. The molecule has 2 aromatic carbocycles. The van der Waals surface area contributed by atoms with Gasteiger partial charge in [0.05, 0.1) is 6.42 Å². The summed E-state index contributed by atoms with van der Waals surface area (Å²) in [7, 11) is 0. The van der Waals surface area contributed by atoms with Crippen LogP contribution in [0.4, 0.5) is 0 Å². The Bertz CT molecular complexity index is 638. The fourth-order valence-corrected chi connectivity index (χ4v) is 3.11. The number of amides is 1. The number of hydrogen-bond acceptors (Lipinski definition) is 2. The SMILES string of the molecule is O=C(Cc1ccc2ccccc2c1)N1CCC(CCO)C1. The average Bonchev–Trinajstić information content (AvgIpc) is 2.96. The van der Waals surface area contributed by atoms with Gasteiger partial charge in [-0.1, -0.05) is 42.5 Å². The first-order valence-corrected chi connectivity index (χ1v) is 7.62. The lowest BCUT2D eigenvalue weighted by atomic mass is 10.0. The van der Waals surface area contributed by atoms with Crippen molar-refractivity contribution in [2.75, 3.05) is 19.7 Å². The molecule has 1 amide bonds. The molecule has 1 heterocycles. The van der Waals surface area contributed by atoms with E-state index in [4.69, 9.17) is 5.11 Å². The van der Waals surface area contributed by atoms with Crippen LogP contribution in [-0.4, -0.2) is 35.6 Å². The lowest BCUT2D eigenvalue weighted by Gasteiger charge is -2.16. The van der Waals surface area contributed by atoms with Gasteiger partial charge >= 0.3 is 0 Å². The number of nitrogens with zero attached hydrogens (tertiary/aromatic N) is 1. The standard InChI is InChI=1S/C18H21NO2/c20-10-8-14-7-9-19(13-14)18(21)12-15-5-6-16-3-1-2-4-17(16)11-15/h1-6,11,14,20H,7-10,12-13H2. The van der Waals surface area contributed by atoms with Gasteiger partial charge in [0.1, 0.15) is 0 Å². The van der Waals surface area contributed by atoms with E-state index in [1.165, 1.54) is 10.8 Å². The molecular weight excluding hydrogens is 262 g/mol. The normalized spacial score (nSPS) is 18.3. The third-order valence-electron chi connectivity index (χ3n) is 4.35. The summed E-state index contributed by atoms with van der Waals surface area (Å²) in [6.07, 6.45) is 2.29. The molecule has 1 aliphatic rings. The number of likely N-dealkylation sites (tertiary alicyclic amines) is 1. The topological polar surface area (TPSA) is 40.5 Å². The lowest BCUT2D eigenvalue weighted by Crippen LogP contribution is -2.30. The van der Waals surface area contributed by atoms with Gasteiger partial charge in [0.2, 0.25) is 5.91 Å². The van der Waals surface area contributed by atoms with Gasteiger partial charge in [0.25, 0.3) is 0 Å². The highest BCUT2D eigenvalue weighted by atomic mass is 16.3. The van der Waals surface area contributed by atoms with Crippen LogP contribution in [0, 0.1) is 5.92 Å². The molecule has 1 aliphatic heterocycles. The third kappa shape index (κ3) is 3.24. The molecule has 3 rings (SSSR count). The first kappa shape index (κ1) is 14.1. The van der Waals surface area contributed by atoms with E-state index in [1.807, 2.05) is 23.1 Å². The van der Waals surface area contributed by atoms with Crippen molar-refractivity contribution in [2.24, 2.45) is 5.92 Å². The van der Waals surface area contributed by atoms with Gasteiger partial charge < -0.3 is 10.0 Å². The molecule has 110 valence electrons. The molecule has 0 aromatic heterocycles. The first-order chi connectivity index (χ1) is 10.3. The molecule has 1 fully saturated rings. The van der Waals surface area contributed by atoms with Crippen LogP contribution in [-0.2, 0) is 11.2 Å². The van der Waals surface area contributed by atoms with Crippen molar-refractivity contribution < 1.29 is 9.90 Å². The van der Waals surface area contributed by atoms with Crippen LogP contribution in [0.3, 0.4) is 0 Å². The summed E-state index contributed by atoms with van der Waals surface area (Å²) < 4.78 is 0. The van der Waals surface area contributed by atoms with Gasteiger partial charge in [0.15, 0.2) is 0 Å². The van der Waals surface area contributed by atoms with E-state index in [1.54, 1.807) is 0 Å². The van der Waals surface area contributed by atoms with E-state index in [0.717, 1.165) is 31.5 Å². The molecule has 1 atom stereocenters. The number of fused-ring (bicyclic) bond motifs is 1. The Hall–Kier alpha value is -1.87. The van der Waals surface area contributed by atoms with Gasteiger partial charge in [-0.25, -0.2) is 0 Å². The van der Waals surface area contributed by atoms with E-state index >= 15 is 0 Å². The van der Waals surface area contributed by atoms with Crippen LogP contribution < -0.4 is 0 Å². The number of rotatable bonds is 4. The predicted molar refractivity (Wildman–Crippen MR) is 84.0 cm³/mol. The van der Waals surface area contributed by atoms with Crippen molar-refractivity contribution in [3.63, 3.8) is 0 Å². The minimum absolute atomic E-state index is 0.200. The number of aliphatic hydroxyl groups excluding tert-OH is 1. The largest absolute Gasteiger partial charge is 0.396 e. The number of hydrogen-bond donors (Lipinski definition) is 1. The second-order valence-electron chi connectivity index (χ2n) is 5.87. The van der Waals surface area contributed by atoms with E-state index in [9.17, 15) is 4.79 Å². The smallest absolute Gasteiger partial charge is 0.226 e. The van der Waals surface area contributed by atoms with Crippen LogP contribution in [0.2, 0.25) is 0 Å². The van der Waals surface area contributed by atoms with Gasteiger partial charge in [-0.3, -0.25) is 4.79 Å². The molecule has 1 unspecified atom stereocenters. The molecule has 0 radical (unpaired) electrons. The van der Waals surface area contributed by atoms with Crippen LogP contribution in [0.15, 0.2) is 42.5 Å². The van der Waals surface area contributed by atoms with Gasteiger partial charge in [0, 0.05) is 19.7 Å². The van der Waals surface area contributed by atoms with Crippen molar-refractivity contribution in [3.8, 4) is 0 Å². The molecule has 1 saturated heterocycles. The Balaban J connectivity index is 1.66. The maximum atomic E-state index is 12.4. The molecule has 3 heteroatoms. The van der Waals surface area contributed by atoms with E-state index in [2.05, 4.69) is 24.3 Å². The Morgan fingerprint density at radius 3 is 2.81 bits per heavy atom. The third-order valence-corrected chi connectivity index (χ3v) is 4.35. The summed E-state index contributed by atoms with van der Waals surface area (Å²) in [6.45, 7) is 1.85. The zero-order chi connectivity index (χ0) is 14.7. The molecule has 0 bridgehead atoms. The molecule has 0 aliphatic carbocycles. The molecular formula is C18H21NO2. The number of aliphatic hydroxyl groups is 1. The molecule has 0 spiro atoms. The monoisotopic (exact) mass is 283 g/mol. The minimum Gasteiger partial charge on any atom is -0.396 e. The quantitative estimate of drug-likeness (QED) is 0.937. The van der Waals surface area contributed by atoms with E-state index in [-0.39, 0.29) is 12.5 Å². The van der Waals surface area contributed by atoms with Crippen molar-refractivity contribution in [1.29, 1.82) is 0 Å². The highest BCUT2D eigenvalue weighted by Crippen LogP contribution is 2.21. The molecule has 0 saturated carbocycles. The van der Waals surface area contributed by atoms with E-state index in [0.29, 0.717) is 12.3 Å². The van der Waals surface area contributed by atoms with Gasteiger partial charge in [-0.2, -0.15) is 0 Å². The highest BCUT2D eigenvalue weighted by Gasteiger charge is 2.25. The average molecular weight is 283 g/mol. The van der Waals surface area contributed by atoms with Crippen molar-refractivity contribution >= 4 is 16.7 Å². The molecule has 3 nitrogen and oxygen atoms in total. The van der Waals surface area contributed by atoms with Gasteiger partial charge in [-0.15, -0.1) is 0 Å². The predicted octanol–water partition coefficient (Wildman–Crippen LogP) is 2.61. The summed E-state index contributed by atoms with van der Waals surface area (Å²) in [5.41, 5.74) is 1.07. The summed E-state index contributed by atoms with van der Waals surface area (Å²) in [6, 6.07) is 14.4. The highest BCUT2D eigenvalue weighted by molar-refractivity contribution is 5.85. The van der Waals surface area contributed by atoms with Crippen molar-refractivity contribution in [2.45, 2.75) is 19.3 Å². The lowest BCUT2D eigenvalue weighted by molar-refractivity contribution is -0.129. The second-order valence-corrected chi connectivity index (χ2v) is 5.87. The fraction of sp³-hybridized carbons (Fsp3) is 0.389. The number of carbonyl (C=O) groups excluding carboxylic acids is 1.